The molecule has 8 heteroatoms. The predicted molar refractivity (Wildman–Crippen MR) is 90.2 cm³/mol. The van der Waals surface area contributed by atoms with Crippen molar-refractivity contribution in [1.29, 1.82) is 0 Å². The maximum absolute atomic E-state index is 12.4. The van der Waals surface area contributed by atoms with Crippen molar-refractivity contribution >= 4 is 27.7 Å². The quantitative estimate of drug-likeness (QED) is 0.611. The van der Waals surface area contributed by atoms with E-state index in [1.54, 1.807) is 6.20 Å². The third-order valence-electron chi connectivity index (χ3n) is 5.88. The number of amides is 1. The summed E-state index contributed by atoms with van der Waals surface area (Å²) in [6.45, 7) is 0.352. The van der Waals surface area contributed by atoms with Crippen LogP contribution in [0.2, 0.25) is 0 Å². The van der Waals surface area contributed by atoms with Gasteiger partial charge in [-0.25, -0.2) is 0 Å². The molecule has 1 aromatic rings. The van der Waals surface area contributed by atoms with Gasteiger partial charge in [-0.3, -0.25) is 4.79 Å². The van der Waals surface area contributed by atoms with Crippen LogP contribution in [0.15, 0.2) is 10.7 Å². The normalized spacial score (nSPS) is 33.6. The second-order valence-corrected chi connectivity index (χ2v) is 8.67. The Morgan fingerprint density at radius 3 is 2.42 bits per heavy atom. The summed E-state index contributed by atoms with van der Waals surface area (Å²) in [6.07, 6.45) is 9.28. The van der Waals surface area contributed by atoms with Gasteiger partial charge in [0.2, 0.25) is 5.91 Å². The number of nitrogens with zero attached hydrogens (tertiary/aromatic N) is 3. The zero-order chi connectivity index (χ0) is 16.9. The molecule has 1 N–H and O–H groups in total. The lowest BCUT2D eigenvalue weighted by molar-refractivity contribution is -0.390. The first-order valence-corrected chi connectivity index (χ1v) is 9.40. The third kappa shape index (κ3) is 2.96. The molecule has 1 amide bonds. The van der Waals surface area contributed by atoms with Crippen LogP contribution in [0.4, 0.5) is 5.82 Å². The molecule has 4 aliphatic rings. The number of carbonyl (C=O) groups excluding carboxylic acids is 1. The Morgan fingerprint density at radius 2 is 1.92 bits per heavy atom. The summed E-state index contributed by atoms with van der Waals surface area (Å²) in [5, 5.41) is 18.0. The number of aryl methyl sites for hydroxylation is 1. The Balaban J connectivity index is 1.36. The van der Waals surface area contributed by atoms with Gasteiger partial charge in [0.15, 0.2) is 0 Å². The van der Waals surface area contributed by atoms with Gasteiger partial charge in [0.25, 0.3) is 0 Å². The first-order chi connectivity index (χ1) is 11.4. The number of hydrogen-bond acceptors (Lipinski definition) is 4. The molecule has 5 rings (SSSR count). The minimum atomic E-state index is -0.532. The first-order valence-electron chi connectivity index (χ1n) is 8.61. The lowest BCUT2D eigenvalue weighted by Crippen LogP contribution is -2.59. The standard InChI is InChI=1S/C16H21BrN4O3/c17-13-9-20(19-15(13)21(23)24)2-1-14(22)18-16-6-10-3-11(7-16)5-12(4-10)8-16/h9-12H,1-8H2,(H,18,22). The summed E-state index contributed by atoms with van der Waals surface area (Å²) in [5.41, 5.74) is 0.0164. The maximum atomic E-state index is 12.4. The summed E-state index contributed by atoms with van der Waals surface area (Å²) in [5.74, 6) is 2.20. The molecule has 130 valence electrons. The molecule has 24 heavy (non-hydrogen) atoms. The van der Waals surface area contributed by atoms with E-state index in [1.165, 1.54) is 23.9 Å². The molecule has 0 aromatic carbocycles. The van der Waals surface area contributed by atoms with E-state index in [0.717, 1.165) is 37.0 Å². The molecule has 0 unspecified atom stereocenters. The van der Waals surface area contributed by atoms with Crippen molar-refractivity contribution in [3.05, 3.63) is 20.8 Å². The highest BCUT2D eigenvalue weighted by molar-refractivity contribution is 9.10. The second-order valence-electron chi connectivity index (χ2n) is 7.82. The molecule has 4 saturated carbocycles. The minimum Gasteiger partial charge on any atom is -0.358 e. The van der Waals surface area contributed by atoms with Gasteiger partial charge < -0.3 is 15.4 Å². The van der Waals surface area contributed by atoms with Crippen molar-refractivity contribution in [2.75, 3.05) is 0 Å². The highest BCUT2D eigenvalue weighted by Crippen LogP contribution is 2.55. The number of carbonyl (C=O) groups is 1. The fourth-order valence-electron chi connectivity index (χ4n) is 5.46. The van der Waals surface area contributed by atoms with E-state index in [2.05, 4.69) is 26.3 Å². The Kier molecular flexibility index (Phi) is 3.89. The van der Waals surface area contributed by atoms with E-state index in [1.807, 2.05) is 0 Å². The topological polar surface area (TPSA) is 90.1 Å². The average molecular weight is 397 g/mol. The monoisotopic (exact) mass is 396 g/mol. The van der Waals surface area contributed by atoms with Crippen molar-refractivity contribution in [3.63, 3.8) is 0 Å². The number of aromatic nitrogens is 2. The molecular formula is C16H21BrN4O3. The molecule has 0 spiro atoms. The van der Waals surface area contributed by atoms with Crippen molar-refractivity contribution in [1.82, 2.24) is 15.1 Å². The molecule has 7 nitrogen and oxygen atoms in total. The summed E-state index contributed by atoms with van der Waals surface area (Å²) in [6, 6.07) is 0. The highest BCUT2D eigenvalue weighted by Gasteiger charge is 2.51. The molecule has 1 aromatic heterocycles. The van der Waals surface area contributed by atoms with Crippen molar-refractivity contribution in [2.45, 2.75) is 57.0 Å². The van der Waals surface area contributed by atoms with Gasteiger partial charge in [-0.15, -0.1) is 0 Å². The van der Waals surface area contributed by atoms with E-state index < -0.39 is 4.92 Å². The number of nitrogens with one attached hydrogen (secondary N) is 1. The predicted octanol–water partition coefficient (Wildman–Crippen LogP) is 3.03. The fourth-order valence-corrected chi connectivity index (χ4v) is 5.92. The number of nitro groups is 1. The zero-order valence-electron chi connectivity index (χ0n) is 13.4. The third-order valence-corrected chi connectivity index (χ3v) is 6.44. The van der Waals surface area contributed by atoms with Crippen LogP contribution >= 0.6 is 15.9 Å². The van der Waals surface area contributed by atoms with E-state index in [0.29, 0.717) is 17.4 Å². The smallest absolute Gasteiger partial charge is 0.358 e. The summed E-state index contributed by atoms with van der Waals surface area (Å²) < 4.78 is 1.80. The van der Waals surface area contributed by atoms with Crippen molar-refractivity contribution in [3.8, 4) is 0 Å². The lowest BCUT2D eigenvalue weighted by Gasteiger charge is -2.56. The highest BCUT2D eigenvalue weighted by atomic mass is 79.9. The number of halogens is 1. The molecule has 0 saturated heterocycles. The molecular weight excluding hydrogens is 376 g/mol. The lowest BCUT2D eigenvalue weighted by atomic mass is 9.53. The van der Waals surface area contributed by atoms with Crippen LogP contribution in [0.5, 0.6) is 0 Å². The van der Waals surface area contributed by atoms with E-state index in [-0.39, 0.29) is 17.3 Å². The van der Waals surface area contributed by atoms with Crippen molar-refractivity contribution < 1.29 is 9.72 Å². The number of rotatable bonds is 5. The maximum Gasteiger partial charge on any atom is 0.404 e. The SMILES string of the molecule is O=C(CCn1cc(Br)c([N+](=O)[O-])n1)NC12CC3CC(CC(C3)C1)C2. The van der Waals surface area contributed by atoms with E-state index >= 15 is 0 Å². The Morgan fingerprint density at radius 1 is 1.33 bits per heavy atom. The van der Waals surface area contributed by atoms with Crippen LogP contribution < -0.4 is 5.32 Å². The van der Waals surface area contributed by atoms with Crippen LogP contribution in [0.1, 0.15) is 44.9 Å². The molecule has 0 atom stereocenters. The van der Waals surface area contributed by atoms with Gasteiger partial charge in [0.1, 0.15) is 4.47 Å². The zero-order valence-corrected chi connectivity index (χ0v) is 15.0. The molecule has 4 bridgehead atoms. The van der Waals surface area contributed by atoms with Gasteiger partial charge in [-0.05, 0) is 77.1 Å². The van der Waals surface area contributed by atoms with Crippen LogP contribution in [0.3, 0.4) is 0 Å². The molecule has 4 aliphatic carbocycles. The fraction of sp³-hybridized carbons (Fsp3) is 0.750. The summed E-state index contributed by atoms with van der Waals surface area (Å²) >= 11 is 3.12. The molecule has 0 radical (unpaired) electrons. The van der Waals surface area contributed by atoms with Gasteiger partial charge >= 0.3 is 5.82 Å². The first kappa shape index (κ1) is 16.1. The van der Waals surface area contributed by atoms with E-state index in [4.69, 9.17) is 0 Å². The summed E-state index contributed by atoms with van der Waals surface area (Å²) in [4.78, 5) is 22.7. The Bertz CT molecular complexity index is 652. The molecule has 1 heterocycles. The Labute approximate surface area is 148 Å². The van der Waals surface area contributed by atoms with Gasteiger partial charge in [-0.1, -0.05) is 0 Å². The number of hydrogen-bond donors (Lipinski definition) is 1. The average Bonchev–Trinajstić information content (AvgIpc) is 2.84. The van der Waals surface area contributed by atoms with Gasteiger partial charge in [-0.2, -0.15) is 4.68 Å². The largest absolute Gasteiger partial charge is 0.404 e. The van der Waals surface area contributed by atoms with E-state index in [9.17, 15) is 14.9 Å². The van der Waals surface area contributed by atoms with Crippen LogP contribution in [-0.2, 0) is 11.3 Å². The molecule has 4 fully saturated rings. The van der Waals surface area contributed by atoms with Crippen LogP contribution in [0, 0.1) is 27.9 Å². The molecule has 0 aliphatic heterocycles. The van der Waals surface area contributed by atoms with Crippen molar-refractivity contribution in [2.24, 2.45) is 17.8 Å². The van der Waals surface area contributed by atoms with Gasteiger partial charge in [0.05, 0.1) is 17.8 Å². The minimum absolute atomic E-state index is 0.0164. The second kappa shape index (κ2) is 5.82. The Hall–Kier alpha value is -1.44. The summed E-state index contributed by atoms with van der Waals surface area (Å²) in [7, 11) is 0. The van der Waals surface area contributed by atoms with Gasteiger partial charge in [0, 0.05) is 12.0 Å². The van der Waals surface area contributed by atoms with Crippen LogP contribution in [-0.4, -0.2) is 26.1 Å². The van der Waals surface area contributed by atoms with Crippen LogP contribution in [0.25, 0.3) is 0 Å².